The Hall–Kier alpha value is -7.01. The van der Waals surface area contributed by atoms with Gasteiger partial charge in [-0.05, 0) is 41.8 Å². The second-order valence-electron chi connectivity index (χ2n) is 14.4. The molecule has 2 aliphatic heterocycles. The summed E-state index contributed by atoms with van der Waals surface area (Å²) in [6.07, 6.45) is -7.41. The van der Waals surface area contributed by atoms with E-state index < -0.39 is 142 Å². The Labute approximate surface area is 353 Å². The van der Waals surface area contributed by atoms with Crippen LogP contribution >= 0.6 is 11.8 Å². The van der Waals surface area contributed by atoms with Gasteiger partial charge in [0.15, 0.2) is 35.2 Å². The molecular formula is C40H41N3O18S. The number of phenols is 8. The number of aliphatic hydroxyl groups excluding tert-OH is 2. The van der Waals surface area contributed by atoms with Crippen LogP contribution in [0.25, 0.3) is 0 Å². The molecule has 2 heterocycles. The number of carboxylic acids is 2. The Bertz CT molecular complexity index is 2410. The molecule has 1 unspecified atom stereocenters. The first-order chi connectivity index (χ1) is 29.3. The molecule has 0 aliphatic carbocycles. The van der Waals surface area contributed by atoms with Gasteiger partial charge in [0.2, 0.25) is 11.8 Å². The Balaban J connectivity index is 1.50. The number of carboxylic acid groups (broad SMARTS) is 2. The molecule has 0 spiro atoms. The van der Waals surface area contributed by atoms with Crippen molar-refractivity contribution in [2.45, 2.75) is 60.5 Å². The summed E-state index contributed by atoms with van der Waals surface area (Å²) in [5, 5.41) is 131. The fraction of sp³-hybridized carbons (Fsp3) is 0.300. The lowest BCUT2D eigenvalue weighted by atomic mass is 9.77. The van der Waals surface area contributed by atoms with Crippen molar-refractivity contribution in [2.75, 3.05) is 12.3 Å². The van der Waals surface area contributed by atoms with Gasteiger partial charge in [0.05, 0.1) is 16.7 Å². The second kappa shape index (κ2) is 17.9. The second-order valence-corrected chi connectivity index (χ2v) is 15.6. The van der Waals surface area contributed by atoms with Crippen LogP contribution in [0.5, 0.6) is 57.5 Å². The van der Waals surface area contributed by atoms with E-state index in [0.29, 0.717) is 11.8 Å². The maximum atomic E-state index is 13.3. The van der Waals surface area contributed by atoms with Crippen LogP contribution in [0.15, 0.2) is 54.6 Å². The largest absolute Gasteiger partial charge is 0.508 e. The normalized spacial score (nSPS) is 21.2. The third kappa shape index (κ3) is 9.02. The zero-order valence-electron chi connectivity index (χ0n) is 31.9. The van der Waals surface area contributed by atoms with Crippen LogP contribution in [0.3, 0.4) is 0 Å². The summed E-state index contributed by atoms with van der Waals surface area (Å²) >= 11 is 0.717. The number of nitrogens with one attached hydrogen (secondary N) is 2. The molecule has 0 aromatic heterocycles. The van der Waals surface area contributed by atoms with Gasteiger partial charge in [-0.2, -0.15) is 0 Å². The molecule has 8 atom stereocenters. The molecule has 0 saturated heterocycles. The highest BCUT2D eigenvalue weighted by Crippen LogP contribution is 2.60. The molecule has 2 amide bonds. The first kappa shape index (κ1) is 44.5. The Morgan fingerprint density at radius 3 is 1.85 bits per heavy atom. The molecule has 2 aliphatic rings. The highest BCUT2D eigenvalue weighted by Gasteiger charge is 2.49. The minimum absolute atomic E-state index is 0.00907. The third-order valence-electron chi connectivity index (χ3n) is 10.3. The predicted octanol–water partition coefficient (Wildman–Crippen LogP) is 1.10. The van der Waals surface area contributed by atoms with Crippen molar-refractivity contribution in [2.24, 2.45) is 5.73 Å². The van der Waals surface area contributed by atoms with Gasteiger partial charge in [0, 0.05) is 41.5 Å². The number of fused-ring (bicyclic) bond motifs is 2. The van der Waals surface area contributed by atoms with E-state index in [1.807, 2.05) is 0 Å². The highest BCUT2D eigenvalue weighted by molar-refractivity contribution is 7.99. The van der Waals surface area contributed by atoms with E-state index in [1.54, 1.807) is 0 Å². The molecule has 0 radical (unpaired) electrons. The lowest BCUT2D eigenvalue weighted by molar-refractivity contribution is -0.139. The number of aromatic hydroxyl groups is 8. The minimum Gasteiger partial charge on any atom is -0.508 e. The summed E-state index contributed by atoms with van der Waals surface area (Å²) in [6, 6.07) is 6.74. The number of thioether (sulfide) groups is 1. The van der Waals surface area contributed by atoms with E-state index in [2.05, 4.69) is 10.6 Å². The van der Waals surface area contributed by atoms with Crippen LogP contribution in [0.4, 0.5) is 0 Å². The van der Waals surface area contributed by atoms with Crippen LogP contribution in [-0.4, -0.2) is 122 Å². The number of carbonyl (C=O) groups excluding carboxylic acids is 2. The quantitative estimate of drug-likeness (QED) is 0.0788. The number of aliphatic hydroxyl groups is 2. The van der Waals surface area contributed by atoms with Gasteiger partial charge in [-0.3, -0.25) is 19.2 Å². The number of hydrogen-bond acceptors (Lipinski definition) is 18. The predicted molar refractivity (Wildman–Crippen MR) is 212 cm³/mol. The van der Waals surface area contributed by atoms with Crippen molar-refractivity contribution >= 4 is 35.5 Å². The number of ether oxygens (including phenoxy) is 2. The average Bonchev–Trinajstić information content (AvgIpc) is 3.20. The van der Waals surface area contributed by atoms with Gasteiger partial charge in [-0.15, -0.1) is 11.8 Å². The standard InChI is InChI=1S/C40H41N3O18S/c41-17(40(58)59)3-6-27(52)43-18(39(57)42-12-28(53)54)13-62-38-31-25(51)11-24(50)30(37(31)61-36(34(38)56)15-2-5-20(46)22(48)8-15)32-29-23(49)9-16(44)10-26(29)60-35(33(32)55)14-1-4-19(45)21(47)7-14/h1-2,4-5,7-11,17-18,32-36,38,44-51,55-56H,3,6,12-13,41H2,(H,42,57)(H,43,52)(H,53,54)(H,58,59)/t17-,18-,32?,33+,34-,35+,36+,38-/m0/s1. The maximum absolute atomic E-state index is 13.3. The van der Waals surface area contributed by atoms with Crippen molar-refractivity contribution in [1.82, 2.24) is 10.6 Å². The molecule has 0 bridgehead atoms. The monoisotopic (exact) mass is 883 g/mol. The zero-order valence-corrected chi connectivity index (χ0v) is 32.8. The first-order valence-electron chi connectivity index (χ1n) is 18.5. The molecule has 62 heavy (non-hydrogen) atoms. The maximum Gasteiger partial charge on any atom is 0.322 e. The fourth-order valence-corrected chi connectivity index (χ4v) is 8.63. The Morgan fingerprint density at radius 2 is 1.27 bits per heavy atom. The Morgan fingerprint density at radius 1 is 0.694 bits per heavy atom. The van der Waals surface area contributed by atoms with E-state index in [-0.39, 0.29) is 40.0 Å². The lowest BCUT2D eigenvalue weighted by Gasteiger charge is -2.42. The van der Waals surface area contributed by atoms with Crippen molar-refractivity contribution in [3.63, 3.8) is 0 Å². The highest BCUT2D eigenvalue weighted by atomic mass is 32.2. The van der Waals surface area contributed by atoms with Gasteiger partial charge in [-0.1, -0.05) is 12.1 Å². The van der Waals surface area contributed by atoms with Gasteiger partial charge < -0.3 is 87.1 Å². The molecule has 4 aromatic carbocycles. The summed E-state index contributed by atoms with van der Waals surface area (Å²) in [7, 11) is 0. The number of benzene rings is 4. The summed E-state index contributed by atoms with van der Waals surface area (Å²) in [4.78, 5) is 48.8. The molecule has 16 N–H and O–H groups in total. The smallest absolute Gasteiger partial charge is 0.322 e. The number of nitrogens with two attached hydrogens (primary N) is 1. The van der Waals surface area contributed by atoms with Crippen molar-refractivity contribution in [1.29, 1.82) is 0 Å². The van der Waals surface area contributed by atoms with Gasteiger partial charge in [-0.25, -0.2) is 0 Å². The van der Waals surface area contributed by atoms with Crippen LogP contribution < -0.4 is 25.8 Å². The summed E-state index contributed by atoms with van der Waals surface area (Å²) in [6.45, 7) is -0.872. The van der Waals surface area contributed by atoms with Crippen LogP contribution in [0.1, 0.15) is 64.0 Å². The van der Waals surface area contributed by atoms with Crippen LogP contribution in [0, 0.1) is 0 Å². The fourth-order valence-electron chi connectivity index (χ4n) is 7.26. The van der Waals surface area contributed by atoms with E-state index in [1.165, 1.54) is 12.1 Å². The molecule has 21 nitrogen and oxygen atoms in total. The number of phenolic OH excluding ortho intramolecular Hbond substituents is 8. The molecule has 330 valence electrons. The number of hydrogen-bond donors (Lipinski definition) is 15. The summed E-state index contributed by atoms with van der Waals surface area (Å²) < 4.78 is 12.4. The molecule has 0 fully saturated rings. The lowest BCUT2D eigenvalue weighted by Crippen LogP contribution is -2.50. The molecule has 4 aromatic rings. The molecular weight excluding hydrogens is 843 g/mol. The molecule has 22 heteroatoms. The van der Waals surface area contributed by atoms with Crippen LogP contribution in [-0.2, 0) is 19.2 Å². The summed E-state index contributed by atoms with van der Waals surface area (Å²) in [5.41, 5.74) is 4.77. The SMILES string of the molecule is N[C@@H](CCC(=O)N[C@@H](CS[C@H]1c2c(O)cc(O)c(C3c4c(O)cc(O)cc4O[C@H](c4ccc(O)c(O)c4)[C@@H]3O)c2O[C@H](c2ccc(O)c(O)c2)[C@@H]1O)C(=O)NCC(=O)O)C(=O)O. The average molecular weight is 884 g/mol. The molecule has 6 rings (SSSR count). The van der Waals surface area contributed by atoms with Crippen molar-refractivity contribution < 1.29 is 89.9 Å². The minimum atomic E-state index is -1.83. The van der Waals surface area contributed by atoms with Gasteiger partial charge >= 0.3 is 11.9 Å². The van der Waals surface area contributed by atoms with E-state index >= 15 is 0 Å². The van der Waals surface area contributed by atoms with Crippen molar-refractivity contribution in [3.05, 3.63) is 82.4 Å². The number of carbonyl (C=O) groups is 4. The van der Waals surface area contributed by atoms with E-state index in [9.17, 15) is 75.3 Å². The third-order valence-corrected chi connectivity index (χ3v) is 11.7. The topological polar surface area (TPSA) is 380 Å². The first-order valence-corrected chi connectivity index (χ1v) is 19.6. The van der Waals surface area contributed by atoms with Crippen LogP contribution in [0.2, 0.25) is 0 Å². The van der Waals surface area contributed by atoms with E-state index in [0.717, 1.165) is 42.5 Å². The number of amides is 2. The summed E-state index contributed by atoms with van der Waals surface area (Å²) in [5.74, 6) is -12.3. The zero-order chi connectivity index (χ0) is 45.3. The van der Waals surface area contributed by atoms with Gasteiger partial charge in [0.1, 0.15) is 65.3 Å². The number of rotatable bonds is 14. The molecule has 0 saturated carbocycles. The number of aliphatic carboxylic acids is 2. The van der Waals surface area contributed by atoms with E-state index in [4.69, 9.17) is 20.3 Å². The Kier molecular flexibility index (Phi) is 12.9. The van der Waals surface area contributed by atoms with Gasteiger partial charge in [0.25, 0.3) is 0 Å². The van der Waals surface area contributed by atoms with Crippen molar-refractivity contribution in [3.8, 4) is 57.5 Å².